The monoisotopic (exact) mass is 558 g/mol. The highest BCUT2D eigenvalue weighted by Gasteiger charge is 2.34. The second-order valence-corrected chi connectivity index (χ2v) is 7.91. The summed E-state index contributed by atoms with van der Waals surface area (Å²) in [5.74, 6) is -0.554. The van der Waals surface area contributed by atoms with Crippen LogP contribution in [0, 0.1) is 0 Å². The summed E-state index contributed by atoms with van der Waals surface area (Å²) in [7, 11) is 0. The van der Waals surface area contributed by atoms with Crippen LogP contribution in [0.3, 0.4) is 0 Å². The van der Waals surface area contributed by atoms with Crippen molar-refractivity contribution in [1.82, 2.24) is 10.2 Å². The SMILES string of the molecule is C.CCOC(=O)[C@H](CCc1ccccc1)N[C@@H](C)C(=O)N1Cc2ccccc2C[C@H]1OCO.S.S.S. The number of aryl methyl sites for hydroxylation is 1. The predicted octanol–water partition coefficient (Wildman–Crippen LogP) is 3.38. The number of nitrogens with one attached hydrogen (secondary N) is 1. The van der Waals surface area contributed by atoms with E-state index in [1.54, 1.807) is 18.7 Å². The third-order valence-electron chi connectivity index (χ3n) is 5.71. The first-order valence-corrected chi connectivity index (χ1v) is 11.1. The number of carbonyl (C=O) groups excluding carboxylic acids is 2. The molecule has 0 radical (unpaired) electrons. The Labute approximate surface area is 236 Å². The fourth-order valence-electron chi connectivity index (χ4n) is 4.04. The number of hydrogen-bond acceptors (Lipinski definition) is 6. The van der Waals surface area contributed by atoms with E-state index in [2.05, 4.69) is 5.32 Å². The van der Waals surface area contributed by atoms with Gasteiger partial charge in [0.1, 0.15) is 19.1 Å². The van der Waals surface area contributed by atoms with Crippen molar-refractivity contribution in [3.63, 3.8) is 0 Å². The molecule has 0 fully saturated rings. The van der Waals surface area contributed by atoms with Gasteiger partial charge < -0.3 is 19.5 Å². The molecule has 2 N–H and O–H groups in total. The van der Waals surface area contributed by atoms with Gasteiger partial charge in [0.05, 0.1) is 12.6 Å². The first-order valence-electron chi connectivity index (χ1n) is 11.1. The van der Waals surface area contributed by atoms with Crippen molar-refractivity contribution in [2.24, 2.45) is 0 Å². The van der Waals surface area contributed by atoms with Gasteiger partial charge in [-0.3, -0.25) is 14.9 Å². The van der Waals surface area contributed by atoms with Crippen molar-refractivity contribution in [1.29, 1.82) is 0 Å². The molecule has 0 unspecified atom stereocenters. The second-order valence-electron chi connectivity index (χ2n) is 7.91. The van der Waals surface area contributed by atoms with E-state index in [0.29, 0.717) is 25.8 Å². The third kappa shape index (κ3) is 9.99. The highest BCUT2D eigenvalue weighted by molar-refractivity contribution is 7.59. The molecule has 0 saturated heterocycles. The van der Waals surface area contributed by atoms with Gasteiger partial charge in [-0.05, 0) is 43.4 Å². The van der Waals surface area contributed by atoms with Crippen molar-refractivity contribution in [2.75, 3.05) is 13.4 Å². The zero-order valence-corrected chi connectivity index (χ0v) is 23.2. The van der Waals surface area contributed by atoms with Crippen LogP contribution in [0.2, 0.25) is 0 Å². The largest absolute Gasteiger partial charge is 0.465 e. The smallest absolute Gasteiger partial charge is 0.323 e. The zero-order chi connectivity index (χ0) is 22.9. The van der Waals surface area contributed by atoms with E-state index >= 15 is 0 Å². The maximum atomic E-state index is 13.3. The predicted molar refractivity (Wildman–Crippen MR) is 158 cm³/mol. The second kappa shape index (κ2) is 18.5. The summed E-state index contributed by atoms with van der Waals surface area (Å²) >= 11 is 0. The number of rotatable bonds is 10. The lowest BCUT2D eigenvalue weighted by Crippen LogP contribution is -2.55. The van der Waals surface area contributed by atoms with Gasteiger partial charge in [-0.15, -0.1) is 0 Å². The molecule has 0 aliphatic carbocycles. The van der Waals surface area contributed by atoms with E-state index in [4.69, 9.17) is 9.47 Å². The lowest BCUT2D eigenvalue weighted by molar-refractivity contribution is -0.162. The fraction of sp³-hybridized carbons (Fsp3) is 0.462. The van der Waals surface area contributed by atoms with Crippen LogP contribution >= 0.6 is 40.5 Å². The van der Waals surface area contributed by atoms with E-state index in [9.17, 15) is 14.7 Å². The van der Waals surface area contributed by atoms with Crippen LogP contribution in [-0.2, 0) is 38.4 Å². The van der Waals surface area contributed by atoms with Gasteiger partial charge in [0.25, 0.3) is 0 Å². The van der Waals surface area contributed by atoms with Gasteiger partial charge >= 0.3 is 5.97 Å². The number of benzene rings is 2. The van der Waals surface area contributed by atoms with Crippen LogP contribution in [0.1, 0.15) is 44.4 Å². The number of aliphatic hydroxyl groups excluding tert-OH is 1. The molecular formula is C26H42N2O5S3. The average Bonchev–Trinajstić information content (AvgIpc) is 2.81. The number of ether oxygens (including phenoxy) is 2. The minimum Gasteiger partial charge on any atom is -0.465 e. The molecule has 0 spiro atoms. The average molecular weight is 559 g/mol. The molecular weight excluding hydrogens is 516 g/mol. The van der Waals surface area contributed by atoms with Crippen molar-refractivity contribution in [3.8, 4) is 0 Å². The van der Waals surface area contributed by atoms with Gasteiger partial charge in [0, 0.05) is 13.0 Å². The van der Waals surface area contributed by atoms with Crippen LogP contribution in [0.4, 0.5) is 0 Å². The number of aliphatic hydroxyl groups is 1. The topological polar surface area (TPSA) is 88.1 Å². The summed E-state index contributed by atoms with van der Waals surface area (Å²) in [6.45, 7) is 3.71. The highest BCUT2D eigenvalue weighted by Crippen LogP contribution is 2.24. The minimum absolute atomic E-state index is 0. The van der Waals surface area contributed by atoms with E-state index in [0.717, 1.165) is 16.7 Å². The van der Waals surface area contributed by atoms with Gasteiger partial charge in [-0.2, -0.15) is 40.5 Å². The Morgan fingerprint density at radius 1 is 1.06 bits per heavy atom. The maximum Gasteiger partial charge on any atom is 0.323 e. The molecule has 0 bridgehead atoms. The molecule has 1 aliphatic rings. The van der Waals surface area contributed by atoms with Crippen molar-refractivity contribution >= 4 is 52.4 Å². The third-order valence-corrected chi connectivity index (χ3v) is 5.71. The molecule has 0 aromatic heterocycles. The number of fused-ring (bicyclic) bond motifs is 1. The molecule has 36 heavy (non-hydrogen) atoms. The molecule has 3 rings (SSSR count). The zero-order valence-electron chi connectivity index (χ0n) is 20.2. The van der Waals surface area contributed by atoms with E-state index in [1.807, 2.05) is 54.6 Å². The highest BCUT2D eigenvalue weighted by atomic mass is 32.1. The molecule has 1 aliphatic heterocycles. The summed E-state index contributed by atoms with van der Waals surface area (Å²) in [4.78, 5) is 27.5. The lowest BCUT2D eigenvalue weighted by Gasteiger charge is -2.38. The van der Waals surface area contributed by atoms with Crippen LogP contribution in [0.5, 0.6) is 0 Å². The Kier molecular flexibility index (Phi) is 18.8. The Morgan fingerprint density at radius 3 is 2.28 bits per heavy atom. The van der Waals surface area contributed by atoms with Gasteiger partial charge in [-0.25, -0.2) is 0 Å². The van der Waals surface area contributed by atoms with Crippen molar-refractivity contribution < 1.29 is 24.2 Å². The molecule has 3 atom stereocenters. The van der Waals surface area contributed by atoms with Crippen LogP contribution in [0.15, 0.2) is 54.6 Å². The minimum atomic E-state index is -0.629. The van der Waals surface area contributed by atoms with Crippen LogP contribution < -0.4 is 5.32 Å². The van der Waals surface area contributed by atoms with Crippen molar-refractivity contribution in [2.45, 2.75) is 65.4 Å². The van der Waals surface area contributed by atoms with E-state index in [1.165, 1.54) is 0 Å². The first kappa shape index (κ1) is 36.5. The molecule has 2 aromatic carbocycles. The number of esters is 1. The number of hydrogen-bond donors (Lipinski definition) is 2. The summed E-state index contributed by atoms with van der Waals surface area (Å²) in [6, 6.07) is 16.6. The molecule has 1 heterocycles. The fourth-order valence-corrected chi connectivity index (χ4v) is 4.04. The summed E-state index contributed by atoms with van der Waals surface area (Å²) in [5, 5.41) is 12.5. The maximum absolute atomic E-state index is 13.3. The number of nitrogens with zero attached hydrogens (tertiary/aromatic N) is 1. The Hall–Kier alpha value is -1.69. The molecule has 204 valence electrons. The molecule has 0 saturated carbocycles. The lowest BCUT2D eigenvalue weighted by atomic mass is 9.98. The van der Waals surface area contributed by atoms with Crippen molar-refractivity contribution in [3.05, 3.63) is 71.3 Å². The standard InChI is InChI=1S/C25H32N2O5.CH4.3H2S/c1-3-31-25(30)22(14-13-19-9-5-4-6-10-19)26-18(2)24(29)27-16-21-12-8-7-11-20(21)15-23(27)32-17-28;;;;/h4-12,18,22-23,26,28H,3,13-17H2,1-2H3;1H4;3*1H2/t18-,22-,23+;;;;/m0..../s1. The summed E-state index contributed by atoms with van der Waals surface area (Å²) in [6.07, 6.45) is 1.15. The van der Waals surface area contributed by atoms with E-state index < -0.39 is 25.1 Å². The molecule has 7 nitrogen and oxygen atoms in total. The Balaban J connectivity index is 0. The van der Waals surface area contributed by atoms with Crippen LogP contribution in [-0.4, -0.2) is 53.6 Å². The van der Waals surface area contributed by atoms with Gasteiger partial charge in [-0.1, -0.05) is 62.0 Å². The molecule has 2 aromatic rings. The number of amides is 1. The van der Waals surface area contributed by atoms with Gasteiger partial charge in [0.15, 0.2) is 0 Å². The van der Waals surface area contributed by atoms with Crippen LogP contribution in [0.25, 0.3) is 0 Å². The van der Waals surface area contributed by atoms with Gasteiger partial charge in [0.2, 0.25) is 5.91 Å². The molecule has 1 amide bonds. The summed E-state index contributed by atoms with van der Waals surface area (Å²) < 4.78 is 10.7. The Bertz CT molecular complexity index is 904. The van der Waals surface area contributed by atoms with E-state index in [-0.39, 0.29) is 66.4 Å². The normalized spacial score (nSPS) is 15.4. The molecule has 10 heteroatoms. The number of carbonyl (C=O) groups is 2. The summed E-state index contributed by atoms with van der Waals surface area (Å²) in [5.41, 5.74) is 3.27. The quantitative estimate of drug-likeness (QED) is 0.343. The Morgan fingerprint density at radius 2 is 1.67 bits per heavy atom. The first-order chi connectivity index (χ1) is 15.5.